The molecule has 0 saturated heterocycles. The summed E-state index contributed by atoms with van der Waals surface area (Å²) in [5.41, 5.74) is 0. The van der Waals surface area contributed by atoms with E-state index in [4.69, 9.17) is 0 Å². The lowest BCUT2D eigenvalue weighted by atomic mass is 10.1. The fourth-order valence-corrected chi connectivity index (χ4v) is 1.66. The van der Waals surface area contributed by atoms with Gasteiger partial charge in [-0.25, -0.2) is 9.97 Å². The summed E-state index contributed by atoms with van der Waals surface area (Å²) in [6, 6.07) is 1.99. The number of anilines is 1. The van der Waals surface area contributed by atoms with Crippen LogP contribution in [0.1, 0.15) is 26.7 Å². The highest BCUT2D eigenvalue weighted by atomic mass is 32.2. The molecule has 1 rings (SSSR count). The maximum absolute atomic E-state index is 4.17. The Hall–Kier alpha value is -0.770. The monoisotopic (exact) mass is 225 g/mol. The Morgan fingerprint density at radius 2 is 2.20 bits per heavy atom. The molecule has 1 heterocycles. The van der Waals surface area contributed by atoms with Crippen LogP contribution in [-0.4, -0.2) is 22.8 Å². The Balaban J connectivity index is 2.30. The summed E-state index contributed by atoms with van der Waals surface area (Å²) < 4.78 is 0. The Bertz CT molecular complexity index is 289. The van der Waals surface area contributed by atoms with Crippen molar-refractivity contribution >= 4 is 17.6 Å². The molecule has 0 aliphatic rings. The third-order valence-corrected chi connectivity index (χ3v) is 2.76. The first-order chi connectivity index (χ1) is 7.22. The summed E-state index contributed by atoms with van der Waals surface area (Å²) in [6.07, 6.45) is 6.07. The van der Waals surface area contributed by atoms with Crippen LogP contribution in [0.3, 0.4) is 0 Å². The molecule has 4 heteroatoms. The quantitative estimate of drug-likeness (QED) is 0.459. The van der Waals surface area contributed by atoms with Crippen molar-refractivity contribution in [1.82, 2.24) is 9.97 Å². The molecule has 84 valence electrons. The molecule has 15 heavy (non-hydrogen) atoms. The fraction of sp³-hybridized carbons (Fsp3) is 0.636. The van der Waals surface area contributed by atoms with Crippen LogP contribution in [-0.2, 0) is 0 Å². The number of nitrogens with zero attached hydrogens (tertiary/aromatic N) is 2. The number of thioether (sulfide) groups is 1. The van der Waals surface area contributed by atoms with Crippen molar-refractivity contribution in [3.63, 3.8) is 0 Å². The van der Waals surface area contributed by atoms with Crippen molar-refractivity contribution in [2.75, 3.05) is 18.1 Å². The van der Waals surface area contributed by atoms with Gasteiger partial charge in [-0.1, -0.05) is 13.8 Å². The summed E-state index contributed by atoms with van der Waals surface area (Å²) in [5, 5.41) is 4.32. The second kappa shape index (κ2) is 6.67. The van der Waals surface area contributed by atoms with Gasteiger partial charge in [-0.3, -0.25) is 0 Å². The number of nitrogens with one attached hydrogen (secondary N) is 1. The average Bonchev–Trinajstić information content (AvgIpc) is 2.24. The number of aromatic nitrogens is 2. The number of rotatable bonds is 6. The van der Waals surface area contributed by atoms with Crippen molar-refractivity contribution < 1.29 is 0 Å². The van der Waals surface area contributed by atoms with E-state index in [0.717, 1.165) is 23.3 Å². The van der Waals surface area contributed by atoms with Gasteiger partial charge in [0.15, 0.2) is 0 Å². The highest BCUT2D eigenvalue weighted by Crippen LogP contribution is 2.13. The van der Waals surface area contributed by atoms with Crippen LogP contribution in [0.25, 0.3) is 0 Å². The van der Waals surface area contributed by atoms with Gasteiger partial charge in [0.2, 0.25) is 0 Å². The molecular formula is C11H19N3S. The zero-order valence-corrected chi connectivity index (χ0v) is 10.5. The smallest absolute Gasteiger partial charge is 0.130 e. The Morgan fingerprint density at radius 3 is 2.87 bits per heavy atom. The summed E-state index contributed by atoms with van der Waals surface area (Å²) in [4.78, 5) is 8.29. The predicted octanol–water partition coefficient (Wildman–Crippen LogP) is 3.05. The van der Waals surface area contributed by atoms with Crippen molar-refractivity contribution in [1.29, 1.82) is 0 Å². The lowest BCUT2D eigenvalue weighted by Crippen LogP contribution is -2.04. The van der Waals surface area contributed by atoms with Gasteiger partial charge in [0.05, 0.1) is 0 Å². The molecule has 3 nitrogen and oxygen atoms in total. The lowest BCUT2D eigenvalue weighted by Gasteiger charge is -2.07. The van der Waals surface area contributed by atoms with Gasteiger partial charge in [0.25, 0.3) is 0 Å². The number of hydrogen-bond donors (Lipinski definition) is 1. The van der Waals surface area contributed by atoms with E-state index < -0.39 is 0 Å². The van der Waals surface area contributed by atoms with Crippen LogP contribution in [0.2, 0.25) is 0 Å². The van der Waals surface area contributed by atoms with Crippen molar-refractivity contribution in [3.05, 3.63) is 12.4 Å². The minimum atomic E-state index is 0.777. The molecular weight excluding hydrogens is 206 g/mol. The first-order valence-electron chi connectivity index (χ1n) is 5.32. The molecule has 0 aliphatic heterocycles. The van der Waals surface area contributed by atoms with Crippen LogP contribution >= 0.6 is 11.8 Å². The molecule has 0 aliphatic carbocycles. The maximum Gasteiger partial charge on any atom is 0.130 e. The Labute approximate surface area is 96.1 Å². The molecule has 0 unspecified atom stereocenters. The van der Waals surface area contributed by atoms with Crippen LogP contribution in [0, 0.1) is 5.92 Å². The van der Waals surface area contributed by atoms with E-state index in [9.17, 15) is 0 Å². The zero-order valence-electron chi connectivity index (χ0n) is 9.66. The molecule has 1 aromatic rings. The third kappa shape index (κ3) is 5.02. The average molecular weight is 225 g/mol. The first kappa shape index (κ1) is 12.3. The van der Waals surface area contributed by atoms with E-state index in [2.05, 4.69) is 29.1 Å². The molecule has 0 radical (unpaired) electrons. The SMILES string of the molecule is CSc1cc(NCCCC(C)C)ncn1. The van der Waals surface area contributed by atoms with Crippen LogP contribution in [0.15, 0.2) is 17.4 Å². The van der Waals surface area contributed by atoms with E-state index in [0.29, 0.717) is 0 Å². The normalized spacial score (nSPS) is 10.7. The second-order valence-electron chi connectivity index (χ2n) is 3.91. The van der Waals surface area contributed by atoms with E-state index in [1.807, 2.05) is 12.3 Å². The predicted molar refractivity (Wildman–Crippen MR) is 66.4 cm³/mol. The van der Waals surface area contributed by atoms with Crippen molar-refractivity contribution in [2.24, 2.45) is 5.92 Å². The summed E-state index contributed by atoms with van der Waals surface area (Å²) in [6.45, 7) is 5.48. The molecule has 1 aromatic heterocycles. The summed E-state index contributed by atoms with van der Waals surface area (Å²) in [5.74, 6) is 1.71. The van der Waals surface area contributed by atoms with E-state index >= 15 is 0 Å². The van der Waals surface area contributed by atoms with E-state index in [-0.39, 0.29) is 0 Å². The van der Waals surface area contributed by atoms with E-state index in [1.54, 1.807) is 18.1 Å². The first-order valence-corrected chi connectivity index (χ1v) is 6.54. The largest absolute Gasteiger partial charge is 0.370 e. The van der Waals surface area contributed by atoms with Gasteiger partial charge in [-0.2, -0.15) is 0 Å². The Kier molecular flexibility index (Phi) is 5.47. The summed E-state index contributed by atoms with van der Waals surface area (Å²) >= 11 is 1.64. The molecule has 0 saturated carbocycles. The number of hydrogen-bond acceptors (Lipinski definition) is 4. The molecule has 0 atom stereocenters. The zero-order chi connectivity index (χ0) is 11.1. The van der Waals surface area contributed by atoms with Crippen LogP contribution < -0.4 is 5.32 Å². The molecule has 0 bridgehead atoms. The fourth-order valence-electron chi connectivity index (χ4n) is 1.27. The Morgan fingerprint density at radius 1 is 1.40 bits per heavy atom. The van der Waals surface area contributed by atoms with E-state index in [1.165, 1.54) is 12.8 Å². The van der Waals surface area contributed by atoms with Gasteiger partial charge in [0.1, 0.15) is 17.2 Å². The topological polar surface area (TPSA) is 37.8 Å². The van der Waals surface area contributed by atoms with Gasteiger partial charge in [-0.05, 0) is 25.0 Å². The molecule has 0 fully saturated rings. The molecule has 0 amide bonds. The molecule has 1 N–H and O–H groups in total. The standard InChI is InChI=1S/C11H19N3S/c1-9(2)5-4-6-12-10-7-11(15-3)14-8-13-10/h7-9H,4-6H2,1-3H3,(H,12,13,14). The molecule has 0 aromatic carbocycles. The molecule has 0 spiro atoms. The van der Waals surface area contributed by atoms with Gasteiger partial charge in [-0.15, -0.1) is 11.8 Å². The van der Waals surface area contributed by atoms with Gasteiger partial charge in [0, 0.05) is 12.6 Å². The van der Waals surface area contributed by atoms with Crippen LogP contribution in [0.4, 0.5) is 5.82 Å². The van der Waals surface area contributed by atoms with Gasteiger partial charge >= 0.3 is 0 Å². The van der Waals surface area contributed by atoms with Crippen molar-refractivity contribution in [2.45, 2.75) is 31.7 Å². The highest BCUT2D eigenvalue weighted by Gasteiger charge is 1.97. The maximum atomic E-state index is 4.17. The highest BCUT2D eigenvalue weighted by molar-refractivity contribution is 7.98. The third-order valence-electron chi connectivity index (χ3n) is 2.12. The van der Waals surface area contributed by atoms with Crippen LogP contribution in [0.5, 0.6) is 0 Å². The lowest BCUT2D eigenvalue weighted by molar-refractivity contribution is 0.566. The minimum Gasteiger partial charge on any atom is -0.370 e. The summed E-state index contributed by atoms with van der Waals surface area (Å²) in [7, 11) is 0. The van der Waals surface area contributed by atoms with Gasteiger partial charge < -0.3 is 5.32 Å². The van der Waals surface area contributed by atoms with Crippen molar-refractivity contribution in [3.8, 4) is 0 Å². The minimum absolute atomic E-state index is 0.777. The second-order valence-corrected chi connectivity index (χ2v) is 4.73.